The van der Waals surface area contributed by atoms with Crippen molar-refractivity contribution in [2.24, 2.45) is 0 Å². The third-order valence-electron chi connectivity index (χ3n) is 3.20. The van der Waals surface area contributed by atoms with Crippen LogP contribution in [0.25, 0.3) is 0 Å². The monoisotopic (exact) mass is 285 g/mol. The van der Waals surface area contributed by atoms with E-state index in [4.69, 9.17) is 0 Å². The fourth-order valence-electron chi connectivity index (χ4n) is 2.21. The van der Waals surface area contributed by atoms with E-state index < -0.39 is 22.2 Å². The number of benzene rings is 1. The van der Waals surface area contributed by atoms with Crippen LogP contribution in [-0.2, 0) is 4.79 Å². The first-order chi connectivity index (χ1) is 9.38. The minimum atomic E-state index is -1.22. The van der Waals surface area contributed by atoms with Crippen molar-refractivity contribution in [3.63, 3.8) is 0 Å². The highest BCUT2D eigenvalue weighted by molar-refractivity contribution is 5.77. The van der Waals surface area contributed by atoms with Crippen molar-refractivity contribution < 1.29 is 18.5 Å². The molecule has 1 aliphatic rings. The molecule has 2 rings (SSSR count). The number of hydrogen-bond donors (Lipinski definition) is 1. The largest absolute Gasteiger partial charge is 0.375 e. The van der Waals surface area contributed by atoms with Crippen molar-refractivity contribution in [3.8, 4) is 0 Å². The van der Waals surface area contributed by atoms with Crippen LogP contribution in [0.3, 0.4) is 0 Å². The van der Waals surface area contributed by atoms with E-state index in [9.17, 15) is 23.7 Å². The Hall–Kier alpha value is -2.25. The third kappa shape index (κ3) is 2.84. The molecule has 0 aromatic heterocycles. The molecule has 20 heavy (non-hydrogen) atoms. The maximum absolute atomic E-state index is 13.5. The van der Waals surface area contributed by atoms with E-state index >= 15 is 0 Å². The number of nitro groups is 1. The quantitative estimate of drug-likeness (QED) is 0.680. The Kier molecular flexibility index (Phi) is 3.82. The molecule has 8 heteroatoms. The van der Waals surface area contributed by atoms with Crippen molar-refractivity contribution in [2.45, 2.75) is 18.9 Å². The molecule has 1 atom stereocenters. The Labute approximate surface area is 113 Å². The Morgan fingerprint density at radius 1 is 1.45 bits per heavy atom. The first-order valence-electron chi connectivity index (χ1n) is 6.02. The number of nitrogens with one attached hydrogen (secondary N) is 1. The van der Waals surface area contributed by atoms with Crippen LogP contribution in [0, 0.1) is 21.7 Å². The van der Waals surface area contributed by atoms with E-state index in [1.165, 1.54) is 4.90 Å². The van der Waals surface area contributed by atoms with Crippen LogP contribution in [-0.4, -0.2) is 35.4 Å². The van der Waals surface area contributed by atoms with E-state index in [2.05, 4.69) is 5.32 Å². The third-order valence-corrected chi connectivity index (χ3v) is 3.20. The molecule has 1 unspecified atom stereocenters. The summed E-state index contributed by atoms with van der Waals surface area (Å²) in [6.07, 6.45) is 0.748. The lowest BCUT2D eigenvalue weighted by Gasteiger charge is -2.30. The van der Waals surface area contributed by atoms with Crippen LogP contribution in [0.5, 0.6) is 0 Å². The first kappa shape index (κ1) is 14.2. The Morgan fingerprint density at radius 2 is 2.15 bits per heavy atom. The summed E-state index contributed by atoms with van der Waals surface area (Å²) in [7, 11) is 1.61. The lowest BCUT2D eigenvalue weighted by molar-refractivity contribution is -0.386. The molecule has 1 fully saturated rings. The maximum atomic E-state index is 13.5. The standard InChI is InChI=1S/C12H13F2N3O3/c1-16-6-8(2-3-11(16)18)15-10-5-7(13)4-9(14)12(10)17(19)20/h4-5,8,15H,2-3,6H2,1H3. The summed E-state index contributed by atoms with van der Waals surface area (Å²) in [5.41, 5.74) is -0.994. The van der Waals surface area contributed by atoms with Gasteiger partial charge in [-0.1, -0.05) is 0 Å². The van der Waals surface area contributed by atoms with Crippen molar-refractivity contribution in [1.82, 2.24) is 4.90 Å². The van der Waals surface area contributed by atoms with Gasteiger partial charge >= 0.3 is 5.69 Å². The lowest BCUT2D eigenvalue weighted by Crippen LogP contribution is -2.43. The molecule has 1 saturated heterocycles. The minimum Gasteiger partial charge on any atom is -0.375 e. The fourth-order valence-corrected chi connectivity index (χ4v) is 2.21. The predicted octanol–water partition coefficient (Wildman–Crippen LogP) is 1.91. The van der Waals surface area contributed by atoms with Gasteiger partial charge in [-0.2, -0.15) is 4.39 Å². The van der Waals surface area contributed by atoms with Crippen LogP contribution in [0.2, 0.25) is 0 Å². The van der Waals surface area contributed by atoms with Crippen LogP contribution in [0.15, 0.2) is 12.1 Å². The number of likely N-dealkylation sites (N-methyl/N-ethyl adjacent to an activating group) is 1. The van der Waals surface area contributed by atoms with E-state index in [-0.39, 0.29) is 17.6 Å². The molecular weight excluding hydrogens is 272 g/mol. The number of nitrogens with zero attached hydrogens (tertiary/aromatic N) is 2. The second kappa shape index (κ2) is 5.40. The smallest absolute Gasteiger partial charge is 0.327 e. The molecule has 1 aliphatic heterocycles. The van der Waals surface area contributed by atoms with Gasteiger partial charge in [0.25, 0.3) is 0 Å². The number of nitro benzene ring substituents is 1. The number of halogens is 2. The van der Waals surface area contributed by atoms with Crippen LogP contribution < -0.4 is 5.32 Å². The SMILES string of the molecule is CN1CC(Nc2cc(F)cc(F)c2[N+](=O)[O-])CCC1=O. The lowest BCUT2D eigenvalue weighted by atomic mass is 10.0. The summed E-state index contributed by atoms with van der Waals surface area (Å²) in [5.74, 6) is -2.14. The summed E-state index contributed by atoms with van der Waals surface area (Å²) in [4.78, 5) is 22.8. The van der Waals surface area contributed by atoms with Crippen molar-refractivity contribution in [3.05, 3.63) is 33.9 Å². The summed E-state index contributed by atoms with van der Waals surface area (Å²) >= 11 is 0. The molecule has 1 aromatic carbocycles. The number of hydrogen-bond acceptors (Lipinski definition) is 4. The molecule has 108 valence electrons. The minimum absolute atomic E-state index is 0.0250. The summed E-state index contributed by atoms with van der Waals surface area (Å²) in [5, 5.41) is 13.6. The highest BCUT2D eigenvalue weighted by Crippen LogP contribution is 2.30. The maximum Gasteiger partial charge on any atom is 0.327 e. The van der Waals surface area contributed by atoms with E-state index in [0.717, 1.165) is 6.07 Å². The fraction of sp³-hybridized carbons (Fsp3) is 0.417. The summed E-state index contributed by atoms with van der Waals surface area (Å²) in [6, 6.07) is 1.08. The molecule has 0 saturated carbocycles. The number of carbonyl (C=O) groups excluding carboxylic acids is 1. The molecule has 1 amide bonds. The van der Waals surface area contributed by atoms with Gasteiger partial charge in [0.15, 0.2) is 0 Å². The van der Waals surface area contributed by atoms with Crippen LogP contribution in [0.4, 0.5) is 20.2 Å². The van der Waals surface area contributed by atoms with Crippen molar-refractivity contribution in [1.29, 1.82) is 0 Å². The van der Waals surface area contributed by atoms with Crippen molar-refractivity contribution >= 4 is 17.3 Å². The first-order valence-corrected chi connectivity index (χ1v) is 6.02. The normalized spacial score (nSPS) is 19.1. The molecule has 0 radical (unpaired) electrons. The topological polar surface area (TPSA) is 75.5 Å². The zero-order valence-electron chi connectivity index (χ0n) is 10.7. The number of anilines is 1. The Morgan fingerprint density at radius 3 is 2.75 bits per heavy atom. The van der Waals surface area contributed by atoms with E-state index in [1.807, 2.05) is 0 Å². The second-order valence-electron chi connectivity index (χ2n) is 4.70. The number of rotatable bonds is 3. The van der Waals surface area contributed by atoms with Crippen molar-refractivity contribution in [2.75, 3.05) is 18.9 Å². The highest BCUT2D eigenvalue weighted by Gasteiger charge is 2.27. The molecule has 0 spiro atoms. The van der Waals surface area contributed by atoms with Crippen LogP contribution >= 0.6 is 0 Å². The molecule has 1 aromatic rings. The Balaban J connectivity index is 2.25. The van der Waals surface area contributed by atoms with Gasteiger partial charge in [-0.05, 0) is 6.42 Å². The van der Waals surface area contributed by atoms with Gasteiger partial charge in [-0.25, -0.2) is 4.39 Å². The number of piperidine rings is 1. The molecule has 0 bridgehead atoms. The van der Waals surface area contributed by atoms with Gasteiger partial charge in [0.2, 0.25) is 11.7 Å². The number of likely N-dealkylation sites (tertiary alicyclic amines) is 1. The zero-order valence-corrected chi connectivity index (χ0v) is 10.7. The molecule has 1 N–H and O–H groups in total. The van der Waals surface area contributed by atoms with Gasteiger partial charge < -0.3 is 10.2 Å². The van der Waals surface area contributed by atoms with E-state index in [1.54, 1.807) is 7.05 Å². The Bertz CT molecular complexity index is 565. The second-order valence-corrected chi connectivity index (χ2v) is 4.70. The summed E-state index contributed by atoms with van der Waals surface area (Å²) < 4.78 is 26.7. The van der Waals surface area contributed by atoms with Gasteiger partial charge in [-0.15, -0.1) is 0 Å². The van der Waals surface area contributed by atoms with Gasteiger partial charge in [-0.3, -0.25) is 14.9 Å². The van der Waals surface area contributed by atoms with E-state index in [0.29, 0.717) is 25.5 Å². The highest BCUT2D eigenvalue weighted by atomic mass is 19.1. The predicted molar refractivity (Wildman–Crippen MR) is 67.3 cm³/mol. The average Bonchev–Trinajstić information content (AvgIpc) is 2.32. The number of carbonyl (C=O) groups is 1. The van der Waals surface area contributed by atoms with Gasteiger partial charge in [0, 0.05) is 38.2 Å². The van der Waals surface area contributed by atoms with Gasteiger partial charge in [0.05, 0.1) is 4.92 Å². The van der Waals surface area contributed by atoms with Gasteiger partial charge in [0.1, 0.15) is 11.5 Å². The average molecular weight is 285 g/mol. The molecule has 6 nitrogen and oxygen atoms in total. The molecular formula is C12H13F2N3O3. The molecule has 0 aliphatic carbocycles. The number of amides is 1. The zero-order chi connectivity index (χ0) is 14.9. The van der Waals surface area contributed by atoms with Crippen LogP contribution in [0.1, 0.15) is 12.8 Å². The summed E-state index contributed by atoms with van der Waals surface area (Å²) in [6.45, 7) is 0.327. The molecule has 1 heterocycles.